The van der Waals surface area contributed by atoms with E-state index in [4.69, 9.17) is 18.9 Å². The molecule has 0 amide bonds. The van der Waals surface area contributed by atoms with Gasteiger partial charge < -0.3 is 37.2 Å². The van der Waals surface area contributed by atoms with E-state index in [1.165, 1.54) is 267 Å². The van der Waals surface area contributed by atoms with E-state index < -0.39 is 0 Å². The van der Waals surface area contributed by atoms with Gasteiger partial charge in [-0.05, 0) is 205 Å². The number of para-hydroxylation sites is 8. The van der Waals surface area contributed by atoms with Crippen LogP contribution in [0.2, 0.25) is 0 Å². The normalized spacial score (nSPS) is 11.7. The molecule has 0 aliphatic heterocycles. The lowest BCUT2D eigenvalue weighted by atomic mass is 9.94. The van der Waals surface area contributed by atoms with Gasteiger partial charge in [-0.25, -0.2) is 0 Å². The summed E-state index contributed by atoms with van der Waals surface area (Å²) in [5.41, 5.74) is 19.9. The van der Waals surface area contributed by atoms with Crippen LogP contribution in [0.3, 0.4) is 0 Å². The molecule has 0 spiro atoms. The van der Waals surface area contributed by atoms with Crippen LogP contribution in [0.1, 0.15) is 239 Å². The van der Waals surface area contributed by atoms with E-state index in [1.807, 2.05) is 0 Å². The zero-order valence-electron chi connectivity index (χ0n) is 76.9. The maximum Gasteiger partial charge on any atom is 0.119 e. The third-order valence-electron chi connectivity index (χ3n) is 27.1. The van der Waals surface area contributed by atoms with E-state index in [1.54, 1.807) is 0 Å². The smallest absolute Gasteiger partial charge is 0.119 e. The first kappa shape index (κ1) is 89.7. The van der Waals surface area contributed by atoms with Crippen molar-refractivity contribution in [1.29, 1.82) is 0 Å². The number of nitrogens with zero attached hydrogens (tertiary/aromatic N) is 4. The summed E-state index contributed by atoms with van der Waals surface area (Å²) in [6, 6.07) is 115. The molecular weight excluding hydrogens is 1590 g/mol. The van der Waals surface area contributed by atoms with Crippen molar-refractivity contribution in [2.45, 2.75) is 232 Å². The molecule has 0 N–H and O–H groups in total. The van der Waals surface area contributed by atoms with Gasteiger partial charge in [0.25, 0.3) is 0 Å². The average molecular weight is 1720 g/mol. The quantitative estimate of drug-likeness (QED) is 0.0282. The maximum atomic E-state index is 6.44. The molecule has 130 heavy (non-hydrogen) atoms. The van der Waals surface area contributed by atoms with Crippen molar-refractivity contribution in [3.05, 3.63) is 349 Å². The highest BCUT2D eigenvalue weighted by molar-refractivity contribution is 6.11. The maximum absolute atomic E-state index is 6.44. The highest BCUT2D eigenvalue weighted by Crippen LogP contribution is 2.38. The number of aromatic nitrogens is 4. The largest absolute Gasteiger partial charge is 0.494 e. The van der Waals surface area contributed by atoms with Gasteiger partial charge in [0, 0.05) is 113 Å². The Kier molecular flexibility index (Phi) is 32.7. The van der Waals surface area contributed by atoms with Crippen molar-refractivity contribution >= 4 is 111 Å². The zero-order valence-corrected chi connectivity index (χ0v) is 76.9. The summed E-state index contributed by atoms with van der Waals surface area (Å²) >= 11 is 0. The van der Waals surface area contributed by atoms with E-state index in [0.29, 0.717) is 0 Å². The molecule has 4 heterocycles. The molecule has 13 aromatic carbocycles. The second-order valence-corrected chi connectivity index (χ2v) is 36.3. The topological polar surface area (TPSA) is 56.6 Å². The highest BCUT2D eigenvalue weighted by atomic mass is 16.5. The first-order chi connectivity index (χ1) is 64.6. The van der Waals surface area contributed by atoms with Gasteiger partial charge in [0.15, 0.2) is 0 Å². The zero-order chi connectivity index (χ0) is 87.8. The lowest BCUT2D eigenvalue weighted by Gasteiger charge is -2.13. The fourth-order valence-corrected chi connectivity index (χ4v) is 20.1. The first-order valence-corrected chi connectivity index (χ1v) is 49.9. The molecule has 8 nitrogen and oxygen atoms in total. The molecular formula is C122H134N4O4. The van der Waals surface area contributed by atoms with Gasteiger partial charge >= 0.3 is 0 Å². The van der Waals surface area contributed by atoms with Gasteiger partial charge in [0.2, 0.25) is 0 Å². The van der Waals surface area contributed by atoms with E-state index in [0.717, 1.165) is 146 Å². The van der Waals surface area contributed by atoms with Crippen LogP contribution in [0.5, 0.6) is 23.0 Å². The van der Waals surface area contributed by atoms with Crippen molar-refractivity contribution < 1.29 is 18.9 Å². The molecule has 666 valence electrons. The summed E-state index contributed by atoms with van der Waals surface area (Å²) in [6.07, 6.45) is 44.0. The predicted molar refractivity (Wildman–Crippen MR) is 554 cm³/mol. The third kappa shape index (κ3) is 23.7. The van der Waals surface area contributed by atoms with Gasteiger partial charge in [-0.3, -0.25) is 0 Å². The Morgan fingerprint density at radius 2 is 0.315 bits per heavy atom. The number of hydrogen-bond donors (Lipinski definition) is 0. The standard InChI is InChI=1S/C122H134N4O4/c1(9-17-41-85-123-115-57-33-25-49-105(115)106-50-26-34-58-116(106)123)5-13-21-45-89-127-101-77-69-97(70-78-101)113(98-71-79-102(80-72-98)128-90-46-22-14-6-2-10-18-42-86-124-117-59-35-27-51-107(117)108-52-28-36-60-118(108)124)93-95-65-67-96(68-66-95)94-114(99-73-81-103(82-74-99)129-91-47-23-15-7-3-11-19-43-87-125-119-61-37-29-53-109(119)110-54-30-38-62-120(110)125)100-75-83-104(84-76-100)130-92-48-24-16-8-4-12-20-44-88-126-121-63-39-31-55-111(121)112-56-32-40-64-122(112)126/h25-40,49-84,93-94H,1-24,41-48,85-92H2. The van der Waals surface area contributed by atoms with Crippen LogP contribution >= 0.6 is 0 Å². The van der Waals surface area contributed by atoms with Gasteiger partial charge in [-0.2, -0.15) is 0 Å². The molecule has 17 aromatic rings. The van der Waals surface area contributed by atoms with Crippen LogP contribution in [-0.4, -0.2) is 44.7 Å². The molecule has 0 aliphatic carbocycles. The van der Waals surface area contributed by atoms with Crippen LogP contribution in [0.4, 0.5) is 0 Å². The van der Waals surface area contributed by atoms with Gasteiger partial charge in [-0.15, -0.1) is 0 Å². The lowest BCUT2D eigenvalue weighted by Crippen LogP contribution is -1.99. The summed E-state index contributed by atoms with van der Waals surface area (Å²) in [4.78, 5) is 0. The minimum Gasteiger partial charge on any atom is -0.494 e. The Labute approximate surface area is 772 Å². The first-order valence-electron chi connectivity index (χ1n) is 49.9. The van der Waals surface area contributed by atoms with Crippen LogP contribution in [0.25, 0.3) is 111 Å². The third-order valence-corrected chi connectivity index (χ3v) is 27.1. The number of rotatable bonds is 54. The summed E-state index contributed by atoms with van der Waals surface area (Å²) in [6.45, 7) is 7.18. The summed E-state index contributed by atoms with van der Waals surface area (Å²) in [7, 11) is 0. The second-order valence-electron chi connectivity index (χ2n) is 36.3. The van der Waals surface area contributed by atoms with Gasteiger partial charge in [-0.1, -0.05) is 372 Å². The summed E-state index contributed by atoms with van der Waals surface area (Å²) < 4.78 is 35.9. The number of fused-ring (bicyclic) bond motifs is 12. The van der Waals surface area contributed by atoms with Gasteiger partial charge in [0.05, 0.1) is 26.4 Å². The van der Waals surface area contributed by atoms with Crippen LogP contribution in [-0.2, 0) is 26.2 Å². The minimum atomic E-state index is 0.723. The van der Waals surface area contributed by atoms with Crippen molar-refractivity contribution in [2.75, 3.05) is 26.4 Å². The van der Waals surface area contributed by atoms with Crippen molar-refractivity contribution in [1.82, 2.24) is 18.3 Å². The molecule has 0 aliphatic rings. The molecule has 0 bridgehead atoms. The Morgan fingerprint density at radius 3 is 0.492 bits per heavy atom. The Bertz CT molecular complexity index is 5470. The van der Waals surface area contributed by atoms with Crippen molar-refractivity contribution in [3.8, 4) is 23.0 Å². The molecule has 4 aromatic heterocycles. The van der Waals surface area contributed by atoms with Crippen LogP contribution < -0.4 is 18.9 Å². The molecule has 8 heteroatoms. The number of aryl methyl sites for hydroxylation is 4. The SMILES string of the molecule is C(=C(c1ccc(OCCCCCCCCCCn2c3ccccc3c3ccccc32)cc1)c1ccc(OCCCCCCCCCCn2c3ccccc3c3ccccc32)cc1)c1ccc(C=C(c2ccc(OCCCCCCCCCCn3c4ccccc4c4ccccc43)cc2)c2ccc(OCCCCCCCCCCn3c4ccccc4c4ccccc43)cc2)cc1. The van der Waals surface area contributed by atoms with Crippen molar-refractivity contribution in [3.63, 3.8) is 0 Å². The van der Waals surface area contributed by atoms with E-state index in [-0.39, 0.29) is 0 Å². The number of benzene rings is 13. The number of unbranched alkanes of at least 4 members (excludes halogenated alkanes) is 28. The molecule has 0 saturated heterocycles. The Balaban J connectivity index is 0.501. The van der Waals surface area contributed by atoms with Crippen LogP contribution in [0, 0.1) is 0 Å². The van der Waals surface area contributed by atoms with E-state index >= 15 is 0 Å². The van der Waals surface area contributed by atoms with E-state index in [9.17, 15) is 0 Å². The van der Waals surface area contributed by atoms with Crippen LogP contribution in [0.15, 0.2) is 315 Å². The fourth-order valence-electron chi connectivity index (χ4n) is 20.1. The average Bonchev–Trinajstić information content (AvgIpc) is 1.63. The van der Waals surface area contributed by atoms with E-state index in [2.05, 4.69) is 346 Å². The minimum absolute atomic E-state index is 0.723. The molecule has 0 radical (unpaired) electrons. The molecule has 0 saturated carbocycles. The second kappa shape index (κ2) is 47.3. The molecule has 0 fully saturated rings. The number of hydrogen-bond acceptors (Lipinski definition) is 4. The lowest BCUT2D eigenvalue weighted by molar-refractivity contribution is 0.304. The Hall–Kier alpha value is -12.3. The predicted octanol–water partition coefficient (Wildman–Crippen LogP) is 34.1. The van der Waals surface area contributed by atoms with Crippen molar-refractivity contribution in [2.24, 2.45) is 0 Å². The molecule has 0 unspecified atom stereocenters. The monoisotopic (exact) mass is 1720 g/mol. The summed E-state index contributed by atoms with van der Waals surface area (Å²) in [5.74, 6) is 3.65. The highest BCUT2D eigenvalue weighted by Gasteiger charge is 2.17. The van der Waals surface area contributed by atoms with Gasteiger partial charge in [0.1, 0.15) is 23.0 Å². The molecule has 0 atom stereocenters. The Morgan fingerprint density at radius 1 is 0.162 bits per heavy atom. The number of ether oxygens (including phenoxy) is 4. The summed E-state index contributed by atoms with van der Waals surface area (Å²) in [5, 5.41) is 10.9. The molecule has 17 rings (SSSR count). The fraction of sp³-hybridized carbons (Fsp3) is 0.328.